The summed E-state index contributed by atoms with van der Waals surface area (Å²) in [5, 5.41) is 10.7. The van der Waals surface area contributed by atoms with Gasteiger partial charge < -0.3 is 33.8 Å². The zero-order valence-corrected chi connectivity index (χ0v) is 70.8. The van der Waals surface area contributed by atoms with Gasteiger partial charge in [0.15, 0.2) is 12.2 Å². The zero-order valence-electron chi connectivity index (χ0n) is 69.0. The Kier molecular flexibility index (Phi) is 76.0. The van der Waals surface area contributed by atoms with E-state index in [1.165, 1.54) is 276 Å². The van der Waals surface area contributed by atoms with Gasteiger partial charge in [-0.05, 0) is 37.5 Å². The minimum atomic E-state index is -4.97. The number of esters is 4. The van der Waals surface area contributed by atoms with Crippen LogP contribution in [0.25, 0.3) is 0 Å². The van der Waals surface area contributed by atoms with E-state index in [0.29, 0.717) is 25.7 Å². The lowest BCUT2D eigenvalue weighted by Crippen LogP contribution is -2.30. The normalized spacial score (nSPS) is 14.1. The van der Waals surface area contributed by atoms with Gasteiger partial charge in [-0.25, -0.2) is 9.13 Å². The first-order chi connectivity index (χ1) is 50.9. The zero-order chi connectivity index (χ0) is 77.1. The summed E-state index contributed by atoms with van der Waals surface area (Å²) < 4.78 is 68.9. The highest BCUT2D eigenvalue weighted by atomic mass is 31.2. The molecule has 0 aromatic rings. The number of aliphatic hydroxyl groups excluding tert-OH is 1. The van der Waals surface area contributed by atoms with Crippen molar-refractivity contribution in [2.24, 2.45) is 11.8 Å². The van der Waals surface area contributed by atoms with Gasteiger partial charge in [0, 0.05) is 25.7 Å². The van der Waals surface area contributed by atoms with E-state index in [0.717, 1.165) is 102 Å². The topological polar surface area (TPSA) is 237 Å². The Morgan fingerprint density at radius 3 is 0.724 bits per heavy atom. The number of unbranched alkanes of at least 4 members (excludes halogenated alkanes) is 54. The van der Waals surface area contributed by atoms with Crippen molar-refractivity contribution in [1.29, 1.82) is 0 Å². The summed E-state index contributed by atoms with van der Waals surface area (Å²) in [4.78, 5) is 73.3. The number of carbonyl (C=O) groups is 4. The molecule has 0 radical (unpaired) electrons. The summed E-state index contributed by atoms with van der Waals surface area (Å²) in [6.45, 7) is 9.69. The van der Waals surface area contributed by atoms with Crippen LogP contribution in [-0.4, -0.2) is 96.7 Å². The average molecular weight is 1540 g/mol. The van der Waals surface area contributed by atoms with Crippen LogP contribution in [0.3, 0.4) is 0 Å². The molecule has 17 nitrogen and oxygen atoms in total. The fourth-order valence-corrected chi connectivity index (χ4v) is 15.0. The van der Waals surface area contributed by atoms with Crippen LogP contribution in [-0.2, 0) is 65.4 Å². The first-order valence-corrected chi connectivity index (χ1v) is 47.5. The van der Waals surface area contributed by atoms with E-state index in [2.05, 4.69) is 41.5 Å². The van der Waals surface area contributed by atoms with E-state index < -0.39 is 97.5 Å². The van der Waals surface area contributed by atoms with Gasteiger partial charge in [0.25, 0.3) is 0 Å². The fourth-order valence-electron chi connectivity index (χ4n) is 13.4. The van der Waals surface area contributed by atoms with Crippen LogP contribution in [0.4, 0.5) is 0 Å². The Labute approximate surface area is 645 Å². The Morgan fingerprint density at radius 1 is 0.276 bits per heavy atom. The average Bonchev–Trinajstić information content (AvgIpc) is 0.910. The molecule has 0 saturated heterocycles. The number of rotatable bonds is 85. The van der Waals surface area contributed by atoms with E-state index in [4.69, 9.17) is 37.0 Å². The molecular formula is C86H168O17P2. The molecule has 0 rings (SSSR count). The molecule has 0 aliphatic carbocycles. The lowest BCUT2D eigenvalue weighted by molar-refractivity contribution is -0.161. The molecule has 0 spiro atoms. The van der Waals surface area contributed by atoms with Crippen LogP contribution in [0.15, 0.2) is 0 Å². The van der Waals surface area contributed by atoms with Crippen molar-refractivity contribution < 1.29 is 80.2 Å². The minimum absolute atomic E-state index is 0.108. The predicted octanol–water partition coefficient (Wildman–Crippen LogP) is 26.2. The highest BCUT2D eigenvalue weighted by molar-refractivity contribution is 7.47. The highest BCUT2D eigenvalue weighted by Crippen LogP contribution is 2.45. The van der Waals surface area contributed by atoms with Gasteiger partial charge in [0.2, 0.25) is 0 Å². The number of ether oxygens (including phenoxy) is 4. The van der Waals surface area contributed by atoms with Crippen LogP contribution < -0.4 is 0 Å². The SMILES string of the molecule is CCCCCCCCCCCCCCCCCCCCCCCC(=O)O[C@H](COC(=O)CCCCCCCCCCCCCCCC(C)C)COP(=O)(O)OC[C@@H](O)COP(=O)(O)OC[C@@H](COC(=O)CCCCCCCCCCC(C)CC)OC(=O)CCCCCCCCCCCCCCCCCC. The molecule has 0 aromatic heterocycles. The summed E-state index contributed by atoms with van der Waals surface area (Å²) in [7, 11) is -9.93. The van der Waals surface area contributed by atoms with Gasteiger partial charge in [-0.2, -0.15) is 0 Å². The van der Waals surface area contributed by atoms with Gasteiger partial charge in [-0.15, -0.1) is 0 Å². The Hall–Kier alpha value is -1.94. The maximum absolute atomic E-state index is 13.1. The molecule has 0 aromatic carbocycles. The third-order valence-corrected chi connectivity index (χ3v) is 22.5. The largest absolute Gasteiger partial charge is 0.472 e. The molecule has 3 N–H and O–H groups in total. The van der Waals surface area contributed by atoms with Crippen LogP contribution in [0, 0.1) is 11.8 Å². The van der Waals surface area contributed by atoms with E-state index in [-0.39, 0.29) is 25.7 Å². The van der Waals surface area contributed by atoms with Gasteiger partial charge in [0.05, 0.1) is 26.4 Å². The molecule has 0 amide bonds. The molecule has 0 aliphatic rings. The number of phosphoric acid groups is 2. The maximum atomic E-state index is 13.1. The van der Waals surface area contributed by atoms with Crippen LogP contribution in [0.5, 0.6) is 0 Å². The summed E-state index contributed by atoms with van der Waals surface area (Å²) in [6, 6.07) is 0. The molecule has 0 heterocycles. The van der Waals surface area contributed by atoms with Crippen LogP contribution in [0.2, 0.25) is 0 Å². The fraction of sp³-hybridized carbons (Fsp3) is 0.953. The Bertz CT molecular complexity index is 2010. The third-order valence-electron chi connectivity index (χ3n) is 20.6. The van der Waals surface area contributed by atoms with Gasteiger partial charge in [-0.3, -0.25) is 37.3 Å². The Morgan fingerprint density at radius 2 is 0.486 bits per heavy atom. The van der Waals surface area contributed by atoms with Crippen molar-refractivity contribution >= 4 is 39.5 Å². The second-order valence-corrected chi connectivity index (χ2v) is 34.6. The highest BCUT2D eigenvalue weighted by Gasteiger charge is 2.30. The van der Waals surface area contributed by atoms with Crippen molar-refractivity contribution in [1.82, 2.24) is 0 Å². The molecule has 0 saturated carbocycles. The lowest BCUT2D eigenvalue weighted by Gasteiger charge is -2.21. The third kappa shape index (κ3) is 78.5. The van der Waals surface area contributed by atoms with E-state index in [1.54, 1.807) is 0 Å². The van der Waals surface area contributed by atoms with Gasteiger partial charge in [-0.1, -0.05) is 408 Å². The van der Waals surface area contributed by atoms with Crippen molar-refractivity contribution in [3.63, 3.8) is 0 Å². The number of phosphoric ester groups is 2. The summed E-state index contributed by atoms with van der Waals surface area (Å²) in [5.41, 5.74) is 0. The molecule has 624 valence electrons. The van der Waals surface area contributed by atoms with Gasteiger partial charge in [0.1, 0.15) is 19.3 Å². The smallest absolute Gasteiger partial charge is 0.462 e. The molecule has 0 bridgehead atoms. The Balaban J connectivity index is 5.25. The number of hydrogen-bond donors (Lipinski definition) is 3. The van der Waals surface area contributed by atoms with Crippen LogP contribution >= 0.6 is 15.6 Å². The first kappa shape index (κ1) is 103. The van der Waals surface area contributed by atoms with Crippen molar-refractivity contribution in [3.8, 4) is 0 Å². The second kappa shape index (κ2) is 77.4. The summed E-state index contributed by atoms with van der Waals surface area (Å²) in [6.07, 6.45) is 69.4. The predicted molar refractivity (Wildman–Crippen MR) is 432 cm³/mol. The van der Waals surface area contributed by atoms with E-state index in [9.17, 15) is 43.2 Å². The maximum Gasteiger partial charge on any atom is 0.472 e. The van der Waals surface area contributed by atoms with Crippen molar-refractivity contribution in [3.05, 3.63) is 0 Å². The second-order valence-electron chi connectivity index (χ2n) is 31.6. The molecule has 105 heavy (non-hydrogen) atoms. The standard InChI is InChI=1S/C86H168O17P2/c1-7-10-12-14-16-18-20-22-24-26-27-28-29-30-32-36-41-45-53-59-65-71-85(90)102-81(74-96-83(88)68-62-56-50-43-39-37-33-34-38-42-48-54-60-66-78(4)5)76-100-104(92,93)98-72-80(87)73-99-105(94,95)101-77-82(75-97-84(89)69-63-57-51-47-46-49-55-61-67-79(6)9-3)103-86(91)70-64-58-52-44-40-35-31-25-23-21-19-17-15-13-11-8-2/h78-82,87H,7-77H2,1-6H3,(H,92,93)(H,94,95)/t79?,80-,81-,82-/m1/s1. The summed E-state index contributed by atoms with van der Waals surface area (Å²) >= 11 is 0. The van der Waals surface area contributed by atoms with Crippen molar-refractivity contribution in [2.75, 3.05) is 39.6 Å². The lowest BCUT2D eigenvalue weighted by atomic mass is 9.99. The number of carbonyl (C=O) groups excluding carboxylic acids is 4. The monoisotopic (exact) mass is 1540 g/mol. The van der Waals surface area contributed by atoms with Crippen molar-refractivity contribution in [2.45, 2.75) is 477 Å². The summed E-state index contributed by atoms with van der Waals surface area (Å²) in [5.74, 6) is -0.533. The number of hydrogen-bond acceptors (Lipinski definition) is 15. The van der Waals surface area contributed by atoms with E-state index >= 15 is 0 Å². The molecule has 6 atom stereocenters. The molecule has 0 fully saturated rings. The van der Waals surface area contributed by atoms with Crippen LogP contribution in [0.1, 0.15) is 459 Å². The molecule has 0 aliphatic heterocycles. The quantitative estimate of drug-likeness (QED) is 0.0222. The molecule has 3 unspecified atom stereocenters. The van der Waals surface area contributed by atoms with E-state index in [1.807, 2.05) is 0 Å². The number of aliphatic hydroxyl groups is 1. The molecule has 19 heteroatoms. The van der Waals surface area contributed by atoms with Gasteiger partial charge >= 0.3 is 39.5 Å². The molecular weight excluding hydrogens is 1370 g/mol. The minimum Gasteiger partial charge on any atom is -0.462 e. The first-order valence-electron chi connectivity index (χ1n) is 44.5.